The summed E-state index contributed by atoms with van der Waals surface area (Å²) in [6, 6.07) is 0. The number of hydrogen-bond donors (Lipinski definition) is 1. The second-order valence-electron chi connectivity index (χ2n) is 12.3. The first-order valence-electron chi connectivity index (χ1n) is 12.5. The van der Waals surface area contributed by atoms with Crippen molar-refractivity contribution < 1.29 is 24.2 Å². The van der Waals surface area contributed by atoms with Crippen molar-refractivity contribution in [1.29, 1.82) is 0 Å². The van der Waals surface area contributed by atoms with Crippen molar-refractivity contribution in [2.45, 2.75) is 79.4 Å². The zero-order chi connectivity index (χ0) is 24.0. The van der Waals surface area contributed by atoms with E-state index in [-0.39, 0.29) is 34.4 Å². The summed E-state index contributed by atoms with van der Waals surface area (Å²) in [5.74, 6) is -0.139. The van der Waals surface area contributed by atoms with E-state index in [4.69, 9.17) is 9.47 Å². The number of carbonyl (C=O) groups is 2. The highest BCUT2D eigenvalue weighted by atomic mass is 16.6. The molecule has 2 saturated carbocycles. The molecule has 0 aromatic heterocycles. The third-order valence-electron chi connectivity index (χ3n) is 10.4. The van der Waals surface area contributed by atoms with Crippen LogP contribution in [0.3, 0.4) is 0 Å². The molecule has 1 heterocycles. The molecule has 0 saturated heterocycles. The monoisotopic (exact) mass is 454 g/mol. The molecule has 2 fully saturated rings. The highest BCUT2D eigenvalue weighted by molar-refractivity contribution is 5.96. The molecule has 180 valence electrons. The zero-order valence-corrected chi connectivity index (χ0v) is 20.8. The molecule has 5 aliphatic rings. The predicted octanol–water partition coefficient (Wildman–Crippen LogP) is 4.75. The standard InChI is InChI=1S/C28H38O5/c1-16(29)33-24-22(31)23-25(2,3)21(30)10-13-27(23,5)20-9-12-26(4)18(17-11-14-32-15-17)7-8-19(26)28(20,24)6/h8,10,13,15,18,20,22-24,31H,7,9,11-12,14H2,1-6H3/t18-,20+,22+,23-,24+,26-,27+,28-/m0/s1. The van der Waals surface area contributed by atoms with Crippen LogP contribution in [0.5, 0.6) is 0 Å². The van der Waals surface area contributed by atoms with Gasteiger partial charge in [0.15, 0.2) is 5.78 Å². The van der Waals surface area contributed by atoms with Crippen LogP contribution in [0.1, 0.15) is 67.2 Å². The van der Waals surface area contributed by atoms with Crippen molar-refractivity contribution in [2.24, 2.45) is 39.4 Å². The zero-order valence-electron chi connectivity index (χ0n) is 20.8. The van der Waals surface area contributed by atoms with Crippen molar-refractivity contribution in [3.8, 4) is 0 Å². The average Bonchev–Trinajstić information content (AvgIpc) is 3.36. The van der Waals surface area contributed by atoms with Crippen molar-refractivity contribution in [3.63, 3.8) is 0 Å². The third kappa shape index (κ3) is 2.81. The Kier molecular flexibility index (Phi) is 4.90. The summed E-state index contributed by atoms with van der Waals surface area (Å²) in [6.45, 7) is 12.8. The van der Waals surface area contributed by atoms with E-state index < -0.39 is 23.0 Å². The molecule has 0 unspecified atom stereocenters. The van der Waals surface area contributed by atoms with E-state index in [9.17, 15) is 14.7 Å². The number of hydrogen-bond acceptors (Lipinski definition) is 5. The smallest absolute Gasteiger partial charge is 0.303 e. The summed E-state index contributed by atoms with van der Waals surface area (Å²) in [6.07, 6.45) is 10.4. The first-order valence-corrected chi connectivity index (χ1v) is 12.5. The van der Waals surface area contributed by atoms with Gasteiger partial charge in [-0.25, -0.2) is 0 Å². The molecule has 5 nitrogen and oxygen atoms in total. The maximum absolute atomic E-state index is 12.9. The molecule has 1 aliphatic heterocycles. The molecule has 8 atom stereocenters. The lowest BCUT2D eigenvalue weighted by Crippen LogP contribution is -2.70. The minimum absolute atomic E-state index is 0.0307. The summed E-state index contributed by atoms with van der Waals surface area (Å²) in [7, 11) is 0. The van der Waals surface area contributed by atoms with E-state index in [2.05, 4.69) is 32.9 Å². The topological polar surface area (TPSA) is 72.8 Å². The van der Waals surface area contributed by atoms with Crippen molar-refractivity contribution >= 4 is 11.8 Å². The maximum Gasteiger partial charge on any atom is 0.303 e. The average molecular weight is 455 g/mol. The van der Waals surface area contributed by atoms with Gasteiger partial charge in [0.25, 0.3) is 0 Å². The van der Waals surface area contributed by atoms with Crippen LogP contribution in [0.2, 0.25) is 0 Å². The quantitative estimate of drug-likeness (QED) is 0.481. The summed E-state index contributed by atoms with van der Waals surface area (Å²) in [5.41, 5.74) is 1.01. The fourth-order valence-electron chi connectivity index (χ4n) is 9.05. The third-order valence-corrected chi connectivity index (χ3v) is 10.4. The van der Waals surface area contributed by atoms with Crippen LogP contribution < -0.4 is 0 Å². The Morgan fingerprint density at radius 1 is 1.21 bits per heavy atom. The Labute approximate surface area is 197 Å². The van der Waals surface area contributed by atoms with Gasteiger partial charge < -0.3 is 14.6 Å². The Balaban J connectivity index is 1.67. The number of ether oxygens (including phenoxy) is 2. The fraction of sp³-hybridized carbons (Fsp3) is 0.714. The van der Waals surface area contributed by atoms with Crippen LogP contribution in [0, 0.1) is 39.4 Å². The Morgan fingerprint density at radius 2 is 1.94 bits per heavy atom. The molecule has 0 spiro atoms. The van der Waals surface area contributed by atoms with E-state index in [1.165, 1.54) is 18.1 Å². The number of aliphatic hydroxyl groups is 1. The molecule has 33 heavy (non-hydrogen) atoms. The first-order chi connectivity index (χ1) is 15.4. The number of esters is 1. The van der Waals surface area contributed by atoms with E-state index in [0.717, 1.165) is 32.3 Å². The van der Waals surface area contributed by atoms with E-state index in [0.29, 0.717) is 5.92 Å². The van der Waals surface area contributed by atoms with Crippen LogP contribution in [-0.2, 0) is 19.1 Å². The Bertz CT molecular complexity index is 988. The lowest BCUT2D eigenvalue weighted by atomic mass is 9.37. The highest BCUT2D eigenvalue weighted by Crippen LogP contribution is 2.72. The molecule has 5 rings (SSSR count). The van der Waals surface area contributed by atoms with Crippen LogP contribution in [0.15, 0.2) is 35.6 Å². The van der Waals surface area contributed by atoms with Gasteiger partial charge in [0.05, 0.1) is 19.0 Å². The Morgan fingerprint density at radius 3 is 2.58 bits per heavy atom. The molecule has 1 N–H and O–H groups in total. The highest BCUT2D eigenvalue weighted by Gasteiger charge is 2.71. The molecule has 0 bridgehead atoms. The van der Waals surface area contributed by atoms with Gasteiger partial charge >= 0.3 is 5.97 Å². The van der Waals surface area contributed by atoms with Gasteiger partial charge in [-0.1, -0.05) is 52.3 Å². The molecule has 0 radical (unpaired) electrons. The van der Waals surface area contributed by atoms with Gasteiger partial charge in [-0.15, -0.1) is 0 Å². The van der Waals surface area contributed by atoms with Gasteiger partial charge in [0.2, 0.25) is 0 Å². The van der Waals surface area contributed by atoms with Crippen LogP contribution >= 0.6 is 0 Å². The summed E-state index contributed by atoms with van der Waals surface area (Å²) in [5, 5.41) is 11.9. The molecular formula is C28H38O5. The first kappa shape index (κ1) is 22.9. The predicted molar refractivity (Wildman–Crippen MR) is 125 cm³/mol. The van der Waals surface area contributed by atoms with Crippen molar-refractivity contribution in [1.82, 2.24) is 0 Å². The van der Waals surface area contributed by atoms with Crippen LogP contribution in [-0.4, -0.2) is 35.7 Å². The molecule has 5 heteroatoms. The van der Waals surface area contributed by atoms with Gasteiger partial charge in [-0.2, -0.15) is 0 Å². The molecule has 4 aliphatic carbocycles. The minimum atomic E-state index is -0.930. The minimum Gasteiger partial charge on any atom is -0.501 e. The summed E-state index contributed by atoms with van der Waals surface area (Å²) in [4.78, 5) is 25.2. The lowest BCUT2D eigenvalue weighted by Gasteiger charge is -2.67. The number of fused-ring (bicyclic) bond motifs is 5. The molecular weight excluding hydrogens is 416 g/mol. The van der Waals surface area contributed by atoms with Crippen molar-refractivity contribution in [2.75, 3.05) is 6.61 Å². The van der Waals surface area contributed by atoms with Gasteiger partial charge in [0, 0.05) is 30.1 Å². The van der Waals surface area contributed by atoms with Crippen molar-refractivity contribution in [3.05, 3.63) is 35.6 Å². The Hall–Kier alpha value is -1.88. The summed E-state index contributed by atoms with van der Waals surface area (Å²) < 4.78 is 11.6. The van der Waals surface area contributed by atoms with Crippen LogP contribution in [0.4, 0.5) is 0 Å². The van der Waals surface area contributed by atoms with E-state index >= 15 is 0 Å². The van der Waals surface area contributed by atoms with E-state index in [1.807, 2.05) is 20.1 Å². The summed E-state index contributed by atoms with van der Waals surface area (Å²) >= 11 is 0. The van der Waals surface area contributed by atoms with Gasteiger partial charge in [0.1, 0.15) is 6.10 Å². The number of carbonyl (C=O) groups excluding carboxylic acids is 2. The van der Waals surface area contributed by atoms with Gasteiger partial charge in [-0.05, 0) is 53.6 Å². The number of allylic oxidation sites excluding steroid dienone is 3. The fourth-order valence-corrected chi connectivity index (χ4v) is 9.05. The van der Waals surface area contributed by atoms with E-state index in [1.54, 1.807) is 6.08 Å². The molecule has 0 aromatic rings. The SMILES string of the molecule is CC(=O)O[C@@H]1[C@H](O)[C@H]2C(C)(C)C(=O)C=C[C@]2(C)[C@H]2CC[C@]3(C)C(=CC[C@H]3C3=COCC3)[C@]12C. The largest absolute Gasteiger partial charge is 0.501 e. The van der Waals surface area contributed by atoms with Crippen LogP contribution in [0.25, 0.3) is 0 Å². The number of rotatable bonds is 2. The second-order valence-corrected chi connectivity index (χ2v) is 12.3. The molecule has 0 aromatic carbocycles. The number of aliphatic hydroxyl groups excluding tert-OH is 1. The molecule has 0 amide bonds. The second kappa shape index (κ2) is 7.07. The lowest BCUT2D eigenvalue weighted by molar-refractivity contribution is -0.228. The van der Waals surface area contributed by atoms with Gasteiger partial charge in [-0.3, -0.25) is 9.59 Å². The maximum atomic E-state index is 12.9. The normalized spacial score (nSPS) is 47.6. The number of ketones is 1.